The van der Waals surface area contributed by atoms with Gasteiger partial charge in [0.1, 0.15) is 0 Å². The number of nitrogens with zero attached hydrogens (tertiary/aromatic N) is 2. The van der Waals surface area contributed by atoms with E-state index >= 15 is 0 Å². The molecule has 0 bridgehead atoms. The van der Waals surface area contributed by atoms with Crippen LogP contribution < -0.4 is 0 Å². The summed E-state index contributed by atoms with van der Waals surface area (Å²) < 4.78 is 0. The van der Waals surface area contributed by atoms with E-state index in [1.54, 1.807) is 0 Å². The summed E-state index contributed by atoms with van der Waals surface area (Å²) in [5.41, 5.74) is 0. The largest absolute Gasteiger partial charge is 0.330 e. The maximum Gasteiger partial charge on any atom is 0.0328 e. The molecular weight excluding hydrogens is 290 g/mol. The summed E-state index contributed by atoms with van der Waals surface area (Å²) >= 11 is 0. The number of rotatable bonds is 4. The Balaban J connectivity index is -0.000000320. The van der Waals surface area contributed by atoms with Crippen LogP contribution in [0, 0.1) is 13.3 Å². The molecule has 1 atom stereocenters. The fourth-order valence-corrected chi connectivity index (χ4v) is 0.384. The molecule has 4 heteroatoms. The van der Waals surface area contributed by atoms with Crippen LogP contribution in [0.2, 0.25) is 0 Å². The summed E-state index contributed by atoms with van der Waals surface area (Å²) in [5, 5.41) is 7.75. The van der Waals surface area contributed by atoms with E-state index in [4.69, 9.17) is 0 Å². The minimum atomic E-state index is 0. The summed E-state index contributed by atoms with van der Waals surface area (Å²) in [6, 6.07) is 0.0989. The first kappa shape index (κ1) is 18.6. The Labute approximate surface area is 120 Å². The molecule has 0 spiro atoms. The molecule has 0 unspecified atom stereocenters. The molecule has 0 aromatic heterocycles. The van der Waals surface area contributed by atoms with Crippen molar-refractivity contribution in [1.29, 1.82) is 0 Å². The third-order valence-electron chi connectivity index (χ3n) is 0.797. The predicted molar refractivity (Wildman–Crippen MR) is 39.1 cm³/mol. The van der Waals surface area contributed by atoms with Crippen molar-refractivity contribution in [3.05, 3.63) is 13.3 Å². The van der Waals surface area contributed by atoms with Gasteiger partial charge in [0.2, 0.25) is 0 Å². The molecule has 0 heterocycles. The number of hydrogen-bond donors (Lipinski definition) is 0. The van der Waals surface area contributed by atoms with E-state index in [9.17, 15) is 0 Å². The van der Waals surface area contributed by atoms with Gasteiger partial charge in [-0.05, 0) is 0 Å². The Morgan fingerprint density at radius 1 is 1.45 bits per heavy atom. The molecular formula is C7H14N2Y2-2. The van der Waals surface area contributed by atoms with Gasteiger partial charge in [-0.2, -0.15) is 18.5 Å². The van der Waals surface area contributed by atoms with Gasteiger partial charge in [0.25, 0.3) is 0 Å². The molecule has 0 aliphatic carbocycles. The molecule has 0 saturated heterocycles. The maximum atomic E-state index is 3.89. The Kier molecular flexibility index (Phi) is 24.2. The van der Waals surface area contributed by atoms with E-state index in [2.05, 4.69) is 23.6 Å². The van der Waals surface area contributed by atoms with Gasteiger partial charge in [0.15, 0.2) is 0 Å². The van der Waals surface area contributed by atoms with Crippen molar-refractivity contribution in [2.75, 3.05) is 6.54 Å². The summed E-state index contributed by atoms with van der Waals surface area (Å²) in [4.78, 5) is 0. The summed E-state index contributed by atoms with van der Waals surface area (Å²) in [6.45, 7) is 8.40. The predicted octanol–water partition coefficient (Wildman–Crippen LogP) is 2.27. The van der Waals surface area contributed by atoms with Crippen molar-refractivity contribution in [1.82, 2.24) is 0 Å². The molecule has 0 N–H and O–H groups in total. The average Bonchev–Trinajstić information content (AvgIpc) is 1.80. The molecule has 2 nitrogen and oxygen atoms in total. The van der Waals surface area contributed by atoms with Crippen molar-refractivity contribution in [3.63, 3.8) is 0 Å². The molecule has 0 aromatic carbocycles. The monoisotopic (exact) mass is 304 g/mol. The second-order valence-corrected chi connectivity index (χ2v) is 2.03. The number of unbranched alkanes of at least 4 members (excludes halogenated alkanes) is 1. The van der Waals surface area contributed by atoms with Crippen molar-refractivity contribution in [2.24, 2.45) is 10.2 Å². The first-order valence-corrected chi connectivity index (χ1v) is 3.25. The molecule has 2 radical (unpaired) electrons. The van der Waals surface area contributed by atoms with Gasteiger partial charge in [-0.1, -0.05) is 13.0 Å². The Morgan fingerprint density at radius 3 is 2.36 bits per heavy atom. The minimum Gasteiger partial charge on any atom is -0.330 e. The molecule has 0 aliphatic heterocycles. The Bertz CT molecular complexity index is 84.5. The van der Waals surface area contributed by atoms with Crippen LogP contribution in [0.3, 0.4) is 0 Å². The normalized spacial score (nSPS) is 11.9. The zero-order valence-corrected chi connectivity index (χ0v) is 13.0. The zero-order valence-electron chi connectivity index (χ0n) is 7.33. The van der Waals surface area contributed by atoms with Crippen LogP contribution in [0.15, 0.2) is 10.2 Å². The van der Waals surface area contributed by atoms with E-state index in [1.807, 2.05) is 13.8 Å². The Morgan fingerprint density at radius 2 is 2.00 bits per heavy atom. The second-order valence-electron chi connectivity index (χ2n) is 2.03. The van der Waals surface area contributed by atoms with Gasteiger partial charge in [0, 0.05) is 72.0 Å². The maximum absolute atomic E-state index is 3.89. The molecule has 11 heavy (non-hydrogen) atoms. The van der Waals surface area contributed by atoms with Crippen molar-refractivity contribution < 1.29 is 65.4 Å². The van der Waals surface area contributed by atoms with Crippen molar-refractivity contribution in [3.8, 4) is 0 Å². The summed E-state index contributed by atoms with van der Waals surface area (Å²) in [6.07, 6.45) is 3.09. The van der Waals surface area contributed by atoms with Crippen LogP contribution in [0.5, 0.6) is 0 Å². The van der Waals surface area contributed by atoms with Crippen LogP contribution in [0.1, 0.15) is 20.3 Å². The number of hydrogen-bond acceptors (Lipinski definition) is 2. The quantitative estimate of drug-likeness (QED) is 0.432. The average molecular weight is 304 g/mol. The Hall–Kier alpha value is 1.81. The topological polar surface area (TPSA) is 24.7 Å². The fraction of sp³-hybridized carbons (Fsp3) is 0.714. The van der Waals surface area contributed by atoms with Crippen LogP contribution in [0.4, 0.5) is 0 Å². The van der Waals surface area contributed by atoms with E-state index in [0.717, 1.165) is 13.0 Å². The van der Waals surface area contributed by atoms with Crippen LogP contribution in [-0.2, 0) is 65.4 Å². The fourth-order valence-electron chi connectivity index (χ4n) is 0.384. The SMILES string of the molecule is [CH2-][C@H](C)N=NCC[CH-]C.[Y].[Y]. The zero-order chi connectivity index (χ0) is 7.11. The van der Waals surface area contributed by atoms with Gasteiger partial charge >= 0.3 is 0 Å². The third kappa shape index (κ3) is 18.6. The van der Waals surface area contributed by atoms with Gasteiger partial charge in [-0.3, -0.25) is 0 Å². The summed E-state index contributed by atoms with van der Waals surface area (Å²) in [5.74, 6) is 0. The van der Waals surface area contributed by atoms with Crippen LogP contribution >= 0.6 is 0 Å². The van der Waals surface area contributed by atoms with Crippen LogP contribution in [-0.4, -0.2) is 12.6 Å². The summed E-state index contributed by atoms with van der Waals surface area (Å²) in [7, 11) is 0. The molecule has 0 aromatic rings. The van der Waals surface area contributed by atoms with E-state index < -0.39 is 0 Å². The third-order valence-corrected chi connectivity index (χ3v) is 0.797. The van der Waals surface area contributed by atoms with Gasteiger partial charge in [-0.15, -0.1) is 0 Å². The smallest absolute Gasteiger partial charge is 0.0328 e. The second kappa shape index (κ2) is 14.3. The van der Waals surface area contributed by atoms with Gasteiger partial charge in [0.05, 0.1) is 0 Å². The minimum absolute atomic E-state index is 0. The van der Waals surface area contributed by atoms with E-state index in [-0.39, 0.29) is 71.5 Å². The first-order valence-electron chi connectivity index (χ1n) is 3.25. The molecule has 0 aliphatic rings. The standard InChI is InChI=1S/C7H14N2.2Y/c1-4-5-6-8-9-7(2)3;;/h4,7H,2,5-6H2,1,3H3;;/q-2;;/t7-;;/m1../s1. The van der Waals surface area contributed by atoms with Crippen molar-refractivity contribution >= 4 is 0 Å². The van der Waals surface area contributed by atoms with Gasteiger partial charge < -0.3 is 13.3 Å². The van der Waals surface area contributed by atoms with Crippen LogP contribution in [0.25, 0.3) is 0 Å². The van der Waals surface area contributed by atoms with E-state index in [1.165, 1.54) is 0 Å². The molecule has 0 fully saturated rings. The molecule has 0 rings (SSSR count). The molecule has 0 amide bonds. The van der Waals surface area contributed by atoms with Crippen molar-refractivity contribution in [2.45, 2.75) is 26.3 Å². The molecule has 60 valence electrons. The van der Waals surface area contributed by atoms with E-state index in [0.29, 0.717) is 0 Å². The first-order chi connectivity index (χ1) is 4.27. The molecule has 0 saturated carbocycles. The van der Waals surface area contributed by atoms with Gasteiger partial charge in [-0.25, -0.2) is 5.11 Å². The number of azo groups is 1.